The Balaban J connectivity index is 1.83. The van der Waals surface area contributed by atoms with E-state index in [0.717, 1.165) is 11.8 Å². The number of halogens is 4. The van der Waals surface area contributed by atoms with Crippen LogP contribution in [-0.2, 0) is 11.3 Å². The van der Waals surface area contributed by atoms with Gasteiger partial charge in [-0.05, 0) is 26.0 Å². The molecule has 2 aromatic heterocycles. The molecule has 2 aromatic rings. The van der Waals surface area contributed by atoms with E-state index in [0.29, 0.717) is 4.57 Å². The van der Waals surface area contributed by atoms with Crippen LogP contribution in [0.25, 0.3) is 0 Å². The van der Waals surface area contributed by atoms with Crippen molar-refractivity contribution >= 4 is 17.5 Å². The van der Waals surface area contributed by atoms with Crippen molar-refractivity contribution in [2.45, 2.75) is 38.1 Å². The van der Waals surface area contributed by atoms with Gasteiger partial charge in [0.25, 0.3) is 5.56 Å². The fourth-order valence-corrected chi connectivity index (χ4v) is 3.94. The van der Waals surface area contributed by atoms with Crippen molar-refractivity contribution in [3.8, 4) is 0 Å². The minimum atomic E-state index is -4.83. The second-order valence-corrected chi connectivity index (χ2v) is 8.05. The number of rotatable bonds is 4. The smallest absolute Gasteiger partial charge is 0.377 e. The minimum Gasteiger partial charge on any atom is -0.377 e. The maximum atomic E-state index is 15.0. The van der Waals surface area contributed by atoms with Crippen molar-refractivity contribution in [1.29, 1.82) is 0 Å². The Kier molecular flexibility index (Phi) is 5.43. The molecule has 8 nitrogen and oxygen atoms in total. The molecule has 0 saturated carbocycles. The van der Waals surface area contributed by atoms with Gasteiger partial charge in [-0.25, -0.2) is 0 Å². The number of alkyl halides is 3. The molecule has 2 atom stereocenters. The molecule has 12 heteroatoms. The molecule has 2 aliphatic heterocycles. The number of hydrogen-bond acceptors (Lipinski definition) is 7. The summed E-state index contributed by atoms with van der Waals surface area (Å²) in [6, 6.07) is 4.15. The second-order valence-electron chi connectivity index (χ2n) is 8.05. The van der Waals surface area contributed by atoms with Crippen LogP contribution >= 0.6 is 0 Å². The molecule has 32 heavy (non-hydrogen) atoms. The molecule has 4 heterocycles. The van der Waals surface area contributed by atoms with Gasteiger partial charge >= 0.3 is 6.18 Å². The van der Waals surface area contributed by atoms with Gasteiger partial charge < -0.3 is 14.5 Å². The summed E-state index contributed by atoms with van der Waals surface area (Å²) in [7, 11) is 0. The largest absolute Gasteiger partial charge is 0.413 e. The van der Waals surface area contributed by atoms with Crippen LogP contribution < -0.4 is 15.4 Å². The highest BCUT2D eigenvalue weighted by molar-refractivity contribution is 5.97. The summed E-state index contributed by atoms with van der Waals surface area (Å²) in [4.78, 5) is 35.7. The Hall–Kier alpha value is -3.02. The molecule has 1 saturated heterocycles. The third-order valence-electron chi connectivity index (χ3n) is 5.88. The SMILES string of the molecule is CC1COCCN1c1nc2n(c(=O)c1F)CC(C)(C(F)(F)F)N2CC(=O)c1ccccn1. The molecule has 0 aromatic carbocycles. The van der Waals surface area contributed by atoms with Crippen LogP contribution in [0.3, 0.4) is 0 Å². The van der Waals surface area contributed by atoms with Crippen molar-refractivity contribution < 1.29 is 27.1 Å². The van der Waals surface area contributed by atoms with Crippen LogP contribution in [-0.4, -0.2) is 64.4 Å². The van der Waals surface area contributed by atoms with Crippen LogP contribution in [0.2, 0.25) is 0 Å². The summed E-state index contributed by atoms with van der Waals surface area (Å²) in [6.07, 6.45) is -3.48. The van der Waals surface area contributed by atoms with Crippen molar-refractivity contribution in [3.05, 3.63) is 46.3 Å². The number of Topliss-reactive ketones (excluding diaryl/α,β-unsaturated/α-hetero) is 1. The maximum absolute atomic E-state index is 15.0. The minimum absolute atomic E-state index is 0.0260. The number of carbonyl (C=O) groups is 1. The van der Waals surface area contributed by atoms with E-state index in [1.807, 2.05) is 0 Å². The molecular weight excluding hydrogens is 434 g/mol. The van der Waals surface area contributed by atoms with Crippen LogP contribution in [0.5, 0.6) is 0 Å². The highest BCUT2D eigenvalue weighted by Crippen LogP contribution is 2.43. The van der Waals surface area contributed by atoms with Gasteiger partial charge in [0.15, 0.2) is 17.1 Å². The molecular formula is C20H21F4N5O3. The topological polar surface area (TPSA) is 80.6 Å². The molecule has 0 radical (unpaired) electrons. The fourth-order valence-electron chi connectivity index (χ4n) is 3.94. The van der Waals surface area contributed by atoms with E-state index in [4.69, 9.17) is 4.74 Å². The maximum Gasteiger partial charge on any atom is 0.413 e. The molecule has 2 unspecified atom stereocenters. The van der Waals surface area contributed by atoms with Gasteiger partial charge in [0.1, 0.15) is 5.69 Å². The molecule has 4 rings (SSSR count). The van der Waals surface area contributed by atoms with E-state index in [2.05, 4.69) is 9.97 Å². The summed E-state index contributed by atoms with van der Waals surface area (Å²) in [6.45, 7) is 1.70. The lowest BCUT2D eigenvalue weighted by atomic mass is 10.0. The van der Waals surface area contributed by atoms with Gasteiger partial charge in [0.05, 0.1) is 32.3 Å². The molecule has 2 aliphatic rings. The number of ether oxygens (including phenoxy) is 1. The van der Waals surface area contributed by atoms with Crippen molar-refractivity contribution in [1.82, 2.24) is 14.5 Å². The average Bonchev–Trinajstić information content (AvgIpc) is 3.05. The Morgan fingerprint density at radius 1 is 1.34 bits per heavy atom. The number of pyridine rings is 1. The van der Waals surface area contributed by atoms with Gasteiger partial charge in [-0.15, -0.1) is 0 Å². The zero-order chi connectivity index (χ0) is 23.3. The van der Waals surface area contributed by atoms with Crippen molar-refractivity contribution in [3.63, 3.8) is 0 Å². The van der Waals surface area contributed by atoms with E-state index in [-0.39, 0.29) is 37.3 Å². The third-order valence-corrected chi connectivity index (χ3v) is 5.88. The van der Waals surface area contributed by atoms with Crippen LogP contribution in [0.1, 0.15) is 24.3 Å². The van der Waals surface area contributed by atoms with Crippen LogP contribution in [0, 0.1) is 5.82 Å². The van der Waals surface area contributed by atoms with E-state index >= 15 is 0 Å². The Morgan fingerprint density at radius 3 is 2.72 bits per heavy atom. The van der Waals surface area contributed by atoms with Gasteiger partial charge in [0.2, 0.25) is 11.8 Å². The third kappa shape index (κ3) is 3.51. The zero-order valence-electron chi connectivity index (χ0n) is 17.4. The van der Waals surface area contributed by atoms with E-state index < -0.39 is 47.9 Å². The first-order chi connectivity index (χ1) is 15.0. The summed E-state index contributed by atoms with van der Waals surface area (Å²) in [5, 5.41) is 0. The second kappa shape index (κ2) is 7.84. The van der Waals surface area contributed by atoms with E-state index in [1.165, 1.54) is 23.2 Å². The Morgan fingerprint density at radius 2 is 2.09 bits per heavy atom. The standard InChI is InChI=1S/C20H21F4N5O3/c1-12-10-32-8-7-27(12)16-15(21)17(31)28-11-19(2,20(22,23)24)29(18(28)26-16)9-14(30)13-5-3-4-6-25-13/h3-6,12H,7-11H2,1-2H3. The van der Waals surface area contributed by atoms with Gasteiger partial charge in [-0.1, -0.05) is 6.07 Å². The van der Waals surface area contributed by atoms with E-state index in [1.54, 1.807) is 13.0 Å². The molecule has 0 aliphatic carbocycles. The number of anilines is 2. The number of aromatic nitrogens is 3. The number of fused-ring (bicyclic) bond motifs is 1. The normalized spacial score (nSPS) is 23.4. The van der Waals surface area contributed by atoms with Crippen LogP contribution in [0.15, 0.2) is 29.2 Å². The lowest BCUT2D eigenvalue weighted by molar-refractivity contribution is -0.181. The summed E-state index contributed by atoms with van der Waals surface area (Å²) < 4.78 is 63.3. The summed E-state index contributed by atoms with van der Waals surface area (Å²) in [5.41, 5.74) is -3.88. The highest BCUT2D eigenvalue weighted by Gasteiger charge is 2.60. The lowest BCUT2D eigenvalue weighted by Gasteiger charge is -2.37. The summed E-state index contributed by atoms with van der Waals surface area (Å²) >= 11 is 0. The molecule has 0 bridgehead atoms. The fraction of sp³-hybridized carbons (Fsp3) is 0.500. The number of nitrogens with zero attached hydrogens (tertiary/aromatic N) is 5. The predicted molar refractivity (Wildman–Crippen MR) is 106 cm³/mol. The first kappa shape index (κ1) is 22.2. The number of hydrogen-bond donors (Lipinski definition) is 0. The first-order valence-corrected chi connectivity index (χ1v) is 9.98. The molecule has 0 N–H and O–H groups in total. The monoisotopic (exact) mass is 455 g/mol. The molecule has 0 amide bonds. The average molecular weight is 455 g/mol. The number of ketones is 1. The predicted octanol–water partition coefficient (Wildman–Crippen LogP) is 2.03. The van der Waals surface area contributed by atoms with Crippen molar-refractivity contribution in [2.75, 3.05) is 36.1 Å². The Labute approximate surface area is 180 Å². The van der Waals surface area contributed by atoms with Crippen molar-refractivity contribution in [2.24, 2.45) is 0 Å². The van der Waals surface area contributed by atoms with Gasteiger partial charge in [0, 0.05) is 12.7 Å². The quantitative estimate of drug-likeness (QED) is 0.516. The Bertz CT molecular complexity index is 1090. The molecule has 172 valence electrons. The number of carbonyl (C=O) groups excluding carboxylic acids is 1. The van der Waals surface area contributed by atoms with Gasteiger partial charge in [-0.3, -0.25) is 19.1 Å². The highest BCUT2D eigenvalue weighted by atomic mass is 19.4. The summed E-state index contributed by atoms with van der Waals surface area (Å²) in [5.74, 6) is -2.67. The number of morpholine rings is 1. The first-order valence-electron chi connectivity index (χ1n) is 9.98. The van der Waals surface area contributed by atoms with Gasteiger partial charge in [-0.2, -0.15) is 22.5 Å². The molecule has 0 spiro atoms. The lowest BCUT2D eigenvalue weighted by Crippen LogP contribution is -2.57. The van der Waals surface area contributed by atoms with E-state index in [9.17, 15) is 27.2 Å². The zero-order valence-corrected chi connectivity index (χ0v) is 17.4. The van der Waals surface area contributed by atoms with Crippen LogP contribution in [0.4, 0.5) is 29.3 Å². The molecule has 1 fully saturated rings.